The average molecular weight is 262 g/mol. The third-order valence-electron chi connectivity index (χ3n) is 3.43. The summed E-state index contributed by atoms with van der Waals surface area (Å²) in [4.78, 5) is 12.9. The molecule has 1 unspecified atom stereocenters. The number of benzene rings is 1. The Balaban J connectivity index is 2.05. The van der Waals surface area contributed by atoms with Crippen molar-refractivity contribution in [3.8, 4) is 6.07 Å². The minimum absolute atomic E-state index is 0.295. The van der Waals surface area contributed by atoms with Crippen molar-refractivity contribution in [2.45, 2.75) is 19.4 Å². The van der Waals surface area contributed by atoms with Crippen LogP contribution in [0.25, 0.3) is 0 Å². The number of aliphatic carboxylic acids is 1. The van der Waals surface area contributed by atoms with E-state index in [1.165, 1.54) is 6.07 Å². The van der Waals surface area contributed by atoms with Crippen molar-refractivity contribution in [3.05, 3.63) is 35.1 Å². The number of piperidine rings is 1. The highest BCUT2D eigenvalue weighted by atomic mass is 19.1. The van der Waals surface area contributed by atoms with Gasteiger partial charge < -0.3 is 5.11 Å². The van der Waals surface area contributed by atoms with E-state index in [0.717, 1.165) is 13.0 Å². The Labute approximate surface area is 111 Å². The van der Waals surface area contributed by atoms with Crippen molar-refractivity contribution in [3.63, 3.8) is 0 Å². The molecule has 2 rings (SSSR count). The summed E-state index contributed by atoms with van der Waals surface area (Å²) in [5.74, 6) is -1.56. The number of nitrogens with zero attached hydrogens (tertiary/aromatic N) is 2. The molecule has 1 aliphatic heterocycles. The second kappa shape index (κ2) is 5.81. The Kier molecular flexibility index (Phi) is 4.13. The SMILES string of the molecule is N#Cc1ccc(CN2CCCC(C(=O)O)C2)c(F)c1. The maximum atomic E-state index is 13.8. The van der Waals surface area contributed by atoms with Gasteiger partial charge in [0.2, 0.25) is 0 Å². The zero-order valence-electron chi connectivity index (χ0n) is 10.5. The predicted octanol–water partition coefficient (Wildman–Crippen LogP) is 1.99. The number of halogens is 1. The number of carbonyl (C=O) groups is 1. The van der Waals surface area contributed by atoms with Gasteiger partial charge in [-0.25, -0.2) is 4.39 Å². The number of nitriles is 1. The Bertz CT molecular complexity index is 525. The van der Waals surface area contributed by atoms with Crippen molar-refractivity contribution in [1.82, 2.24) is 4.90 Å². The summed E-state index contributed by atoms with van der Waals surface area (Å²) in [7, 11) is 0. The van der Waals surface area contributed by atoms with Gasteiger partial charge >= 0.3 is 5.97 Å². The molecule has 5 heteroatoms. The lowest BCUT2D eigenvalue weighted by Crippen LogP contribution is -2.38. The van der Waals surface area contributed by atoms with Gasteiger partial charge in [-0.15, -0.1) is 0 Å². The van der Waals surface area contributed by atoms with E-state index >= 15 is 0 Å². The third kappa shape index (κ3) is 3.30. The van der Waals surface area contributed by atoms with Crippen LogP contribution in [0.4, 0.5) is 4.39 Å². The van der Waals surface area contributed by atoms with E-state index in [0.29, 0.717) is 30.6 Å². The Morgan fingerprint density at radius 2 is 2.37 bits per heavy atom. The van der Waals surface area contributed by atoms with Crippen molar-refractivity contribution in [2.24, 2.45) is 5.92 Å². The van der Waals surface area contributed by atoms with Crippen molar-refractivity contribution in [1.29, 1.82) is 5.26 Å². The molecule has 4 nitrogen and oxygen atoms in total. The largest absolute Gasteiger partial charge is 0.481 e. The normalized spacial score (nSPS) is 19.9. The summed E-state index contributed by atoms with van der Waals surface area (Å²) in [5, 5.41) is 17.7. The molecule has 0 spiro atoms. The molecule has 0 amide bonds. The molecule has 1 fully saturated rings. The van der Waals surface area contributed by atoms with Crippen molar-refractivity contribution in [2.75, 3.05) is 13.1 Å². The molecular formula is C14H15FN2O2. The minimum atomic E-state index is -0.787. The Hall–Kier alpha value is -1.93. The van der Waals surface area contributed by atoms with Crippen LogP contribution in [0.1, 0.15) is 24.0 Å². The summed E-state index contributed by atoms with van der Waals surface area (Å²) in [5.41, 5.74) is 0.799. The van der Waals surface area contributed by atoms with Crippen LogP contribution < -0.4 is 0 Å². The van der Waals surface area contributed by atoms with Crippen LogP contribution in [0, 0.1) is 23.1 Å². The van der Waals surface area contributed by atoms with Gasteiger partial charge in [0.05, 0.1) is 17.6 Å². The lowest BCUT2D eigenvalue weighted by atomic mass is 9.98. The van der Waals surface area contributed by atoms with Gasteiger partial charge in [-0.3, -0.25) is 9.69 Å². The lowest BCUT2D eigenvalue weighted by molar-refractivity contribution is -0.143. The lowest BCUT2D eigenvalue weighted by Gasteiger charge is -2.30. The molecule has 0 bridgehead atoms. The first-order valence-electron chi connectivity index (χ1n) is 6.24. The highest BCUT2D eigenvalue weighted by molar-refractivity contribution is 5.70. The van der Waals surface area contributed by atoms with Crippen LogP contribution in [0.5, 0.6) is 0 Å². The van der Waals surface area contributed by atoms with E-state index in [4.69, 9.17) is 10.4 Å². The van der Waals surface area contributed by atoms with Crippen LogP contribution in [0.15, 0.2) is 18.2 Å². The van der Waals surface area contributed by atoms with E-state index in [1.807, 2.05) is 11.0 Å². The number of likely N-dealkylation sites (tertiary alicyclic amines) is 1. The fourth-order valence-corrected chi connectivity index (χ4v) is 2.39. The van der Waals surface area contributed by atoms with Crippen molar-refractivity contribution < 1.29 is 14.3 Å². The topological polar surface area (TPSA) is 64.3 Å². The molecule has 1 aromatic carbocycles. The molecule has 1 atom stereocenters. The number of rotatable bonds is 3. The van der Waals surface area contributed by atoms with Gasteiger partial charge in [0.15, 0.2) is 0 Å². The molecule has 1 aliphatic rings. The molecule has 1 saturated heterocycles. The van der Waals surface area contributed by atoms with E-state index in [9.17, 15) is 9.18 Å². The monoisotopic (exact) mass is 262 g/mol. The van der Waals surface area contributed by atoms with Gasteiger partial charge in [0.1, 0.15) is 5.82 Å². The van der Waals surface area contributed by atoms with E-state index in [2.05, 4.69) is 0 Å². The van der Waals surface area contributed by atoms with E-state index in [-0.39, 0.29) is 5.92 Å². The summed E-state index contributed by atoms with van der Waals surface area (Å²) in [6, 6.07) is 6.28. The Morgan fingerprint density at radius 3 is 3.00 bits per heavy atom. The van der Waals surface area contributed by atoms with Gasteiger partial charge in [-0.2, -0.15) is 5.26 Å². The fraction of sp³-hybridized carbons (Fsp3) is 0.429. The second-order valence-electron chi connectivity index (χ2n) is 4.83. The molecule has 1 aromatic rings. The highest BCUT2D eigenvalue weighted by Gasteiger charge is 2.25. The molecule has 1 heterocycles. The summed E-state index contributed by atoms with van der Waals surface area (Å²) < 4.78 is 13.8. The van der Waals surface area contributed by atoms with Crippen LogP contribution in [-0.2, 0) is 11.3 Å². The summed E-state index contributed by atoms with van der Waals surface area (Å²) in [6.45, 7) is 1.62. The van der Waals surface area contributed by atoms with E-state index in [1.54, 1.807) is 12.1 Å². The van der Waals surface area contributed by atoms with Gasteiger partial charge in [0.25, 0.3) is 0 Å². The summed E-state index contributed by atoms with van der Waals surface area (Å²) in [6.07, 6.45) is 1.50. The molecule has 0 saturated carbocycles. The first kappa shape index (κ1) is 13.5. The maximum Gasteiger partial charge on any atom is 0.307 e. The molecule has 19 heavy (non-hydrogen) atoms. The van der Waals surface area contributed by atoms with E-state index < -0.39 is 11.8 Å². The number of carboxylic acid groups (broad SMARTS) is 1. The van der Waals surface area contributed by atoms with Crippen LogP contribution in [-0.4, -0.2) is 29.1 Å². The van der Waals surface area contributed by atoms with Crippen LogP contribution >= 0.6 is 0 Å². The standard InChI is InChI=1S/C14H15FN2O2/c15-13-6-10(7-16)3-4-11(13)8-17-5-1-2-12(9-17)14(18)19/h3-4,6,12H,1-2,5,8-9H2,(H,18,19). The summed E-state index contributed by atoms with van der Waals surface area (Å²) >= 11 is 0. The fourth-order valence-electron chi connectivity index (χ4n) is 2.39. The predicted molar refractivity (Wildman–Crippen MR) is 66.8 cm³/mol. The molecular weight excluding hydrogens is 247 g/mol. The zero-order chi connectivity index (χ0) is 13.8. The van der Waals surface area contributed by atoms with Crippen LogP contribution in [0.3, 0.4) is 0 Å². The molecule has 0 aliphatic carbocycles. The van der Waals surface area contributed by atoms with Crippen LogP contribution in [0.2, 0.25) is 0 Å². The average Bonchev–Trinajstić information content (AvgIpc) is 2.41. The minimum Gasteiger partial charge on any atom is -0.481 e. The van der Waals surface area contributed by atoms with Crippen molar-refractivity contribution >= 4 is 5.97 Å². The molecule has 1 N–H and O–H groups in total. The zero-order valence-corrected chi connectivity index (χ0v) is 10.5. The maximum absolute atomic E-state index is 13.8. The molecule has 100 valence electrons. The highest BCUT2D eigenvalue weighted by Crippen LogP contribution is 2.20. The number of carboxylic acids is 1. The third-order valence-corrected chi connectivity index (χ3v) is 3.43. The quantitative estimate of drug-likeness (QED) is 0.904. The molecule has 0 radical (unpaired) electrons. The number of hydrogen-bond donors (Lipinski definition) is 1. The Morgan fingerprint density at radius 1 is 1.58 bits per heavy atom. The van der Waals surface area contributed by atoms with Gasteiger partial charge in [0, 0.05) is 18.7 Å². The first-order valence-corrected chi connectivity index (χ1v) is 6.24. The first-order chi connectivity index (χ1) is 9.10. The van der Waals surface area contributed by atoms with Gasteiger partial charge in [-0.1, -0.05) is 6.07 Å². The second-order valence-corrected chi connectivity index (χ2v) is 4.83. The molecule has 0 aromatic heterocycles. The smallest absolute Gasteiger partial charge is 0.307 e. The van der Waals surface area contributed by atoms with Gasteiger partial charge in [-0.05, 0) is 31.5 Å². The number of hydrogen-bond acceptors (Lipinski definition) is 3.